The summed E-state index contributed by atoms with van der Waals surface area (Å²) in [4.78, 5) is 27.1. The molecule has 9 heteroatoms. The average molecular weight is 553 g/mol. The van der Waals surface area contributed by atoms with Gasteiger partial charge < -0.3 is 20.1 Å². The molecule has 2 fully saturated rings. The first-order valence-corrected chi connectivity index (χ1v) is 13.4. The predicted molar refractivity (Wildman–Crippen MR) is 144 cm³/mol. The number of likely N-dealkylation sites (tertiary alicyclic amines) is 1. The van der Waals surface area contributed by atoms with Crippen LogP contribution in [0.3, 0.4) is 0 Å². The highest BCUT2D eigenvalue weighted by molar-refractivity contribution is 5.94. The second-order valence-corrected chi connectivity index (χ2v) is 10.6. The van der Waals surface area contributed by atoms with Crippen LogP contribution >= 0.6 is 0 Å². The lowest BCUT2D eigenvalue weighted by Crippen LogP contribution is -2.40. The quantitative estimate of drug-likeness (QED) is 0.340. The lowest BCUT2D eigenvalue weighted by atomic mass is 9.78. The Morgan fingerprint density at radius 2 is 1.48 bits per heavy atom. The fraction of sp³-hybridized carbons (Fsp3) is 0.355. The lowest BCUT2D eigenvalue weighted by molar-refractivity contribution is -0.137. The van der Waals surface area contributed by atoms with E-state index >= 15 is 0 Å². The van der Waals surface area contributed by atoms with Crippen molar-refractivity contribution in [2.75, 3.05) is 18.4 Å². The molecule has 3 aromatic rings. The Balaban J connectivity index is 1.10. The number of carbonyl (C=O) groups is 2. The maximum atomic E-state index is 13.0. The first-order chi connectivity index (χ1) is 19.1. The fourth-order valence-electron chi connectivity index (χ4n) is 5.22. The van der Waals surface area contributed by atoms with Gasteiger partial charge in [0.15, 0.2) is 0 Å². The third kappa shape index (κ3) is 6.65. The maximum Gasteiger partial charge on any atom is 0.416 e. The first kappa shape index (κ1) is 27.7. The molecule has 1 saturated heterocycles. The molecule has 210 valence electrons. The van der Waals surface area contributed by atoms with Crippen molar-refractivity contribution >= 4 is 17.5 Å². The van der Waals surface area contributed by atoms with Gasteiger partial charge in [-0.05, 0) is 104 Å². The number of rotatable bonds is 7. The lowest BCUT2D eigenvalue weighted by Gasteiger charge is -2.35. The summed E-state index contributed by atoms with van der Waals surface area (Å²) in [5.41, 5.74) is 0.791. The molecule has 5 rings (SSSR count). The summed E-state index contributed by atoms with van der Waals surface area (Å²) in [6.07, 6.45) is -0.342. The number of nitrogens with zero attached hydrogens (tertiary/aromatic N) is 1. The second-order valence-electron chi connectivity index (χ2n) is 10.6. The molecular weight excluding hydrogens is 521 g/mol. The maximum absolute atomic E-state index is 13.0. The molecule has 1 aliphatic heterocycles. The summed E-state index contributed by atoms with van der Waals surface area (Å²) in [5.74, 6) is 0.751. The fourth-order valence-corrected chi connectivity index (χ4v) is 5.22. The SMILES string of the molecule is O=C(CC1(O)CCC1)Nc1ccc(C2CCN(C(=O)c3ccc(Oc4ccc(C(F)(F)F)cc4)cc3)CC2)cc1. The van der Waals surface area contributed by atoms with Crippen LogP contribution < -0.4 is 10.1 Å². The molecule has 6 nitrogen and oxygen atoms in total. The third-order valence-electron chi connectivity index (χ3n) is 7.74. The molecular formula is C31H31F3N2O4. The first-order valence-electron chi connectivity index (χ1n) is 13.4. The molecule has 2 N–H and O–H groups in total. The van der Waals surface area contributed by atoms with Crippen LogP contribution in [0.1, 0.15) is 65.9 Å². The number of anilines is 1. The van der Waals surface area contributed by atoms with Gasteiger partial charge in [0.05, 0.1) is 17.6 Å². The zero-order valence-electron chi connectivity index (χ0n) is 21.9. The molecule has 1 heterocycles. The topological polar surface area (TPSA) is 78.9 Å². The van der Waals surface area contributed by atoms with Gasteiger partial charge in [0, 0.05) is 24.3 Å². The summed E-state index contributed by atoms with van der Waals surface area (Å²) in [7, 11) is 0. The van der Waals surface area contributed by atoms with Gasteiger partial charge in [-0.2, -0.15) is 13.2 Å². The smallest absolute Gasteiger partial charge is 0.416 e. The van der Waals surface area contributed by atoms with E-state index in [0.717, 1.165) is 37.0 Å². The number of benzene rings is 3. The highest BCUT2D eigenvalue weighted by Crippen LogP contribution is 2.35. The molecule has 3 aromatic carbocycles. The number of nitrogens with one attached hydrogen (secondary N) is 1. The zero-order chi connectivity index (χ0) is 28.3. The summed E-state index contributed by atoms with van der Waals surface area (Å²) >= 11 is 0. The van der Waals surface area contributed by atoms with E-state index in [4.69, 9.17) is 4.74 Å². The predicted octanol–water partition coefficient (Wildman–Crippen LogP) is 6.76. The van der Waals surface area contributed by atoms with Gasteiger partial charge in [-0.25, -0.2) is 0 Å². The summed E-state index contributed by atoms with van der Waals surface area (Å²) in [5, 5.41) is 13.0. The average Bonchev–Trinajstić information content (AvgIpc) is 2.92. The van der Waals surface area contributed by atoms with E-state index in [-0.39, 0.29) is 24.0 Å². The van der Waals surface area contributed by atoms with Gasteiger partial charge in [-0.1, -0.05) is 12.1 Å². The Kier molecular flexibility index (Phi) is 7.85. The molecule has 0 unspecified atom stereocenters. The largest absolute Gasteiger partial charge is 0.457 e. The number of hydrogen-bond donors (Lipinski definition) is 2. The normalized spacial score (nSPS) is 17.1. The van der Waals surface area contributed by atoms with Gasteiger partial charge in [-0.3, -0.25) is 9.59 Å². The van der Waals surface area contributed by atoms with Crippen LogP contribution in [0, 0.1) is 0 Å². The number of halogens is 3. The van der Waals surface area contributed by atoms with Crippen molar-refractivity contribution in [1.82, 2.24) is 4.90 Å². The van der Waals surface area contributed by atoms with E-state index in [2.05, 4.69) is 5.32 Å². The number of carbonyl (C=O) groups excluding carboxylic acids is 2. The number of alkyl halides is 3. The van der Waals surface area contributed by atoms with Crippen LogP contribution in [0.25, 0.3) is 0 Å². The van der Waals surface area contributed by atoms with Crippen molar-refractivity contribution in [2.24, 2.45) is 0 Å². The Morgan fingerprint density at radius 3 is 2.00 bits per heavy atom. The van der Waals surface area contributed by atoms with Crippen molar-refractivity contribution < 1.29 is 32.6 Å². The van der Waals surface area contributed by atoms with E-state index in [1.807, 2.05) is 29.2 Å². The van der Waals surface area contributed by atoms with Crippen LogP contribution in [-0.4, -0.2) is 40.5 Å². The molecule has 2 aliphatic rings. The molecule has 0 atom stereocenters. The molecule has 1 aliphatic carbocycles. The van der Waals surface area contributed by atoms with Gasteiger partial charge in [0.2, 0.25) is 5.91 Å². The minimum absolute atomic E-state index is 0.0780. The summed E-state index contributed by atoms with van der Waals surface area (Å²) in [6, 6.07) is 18.8. The van der Waals surface area contributed by atoms with Gasteiger partial charge in [0.25, 0.3) is 5.91 Å². The monoisotopic (exact) mass is 552 g/mol. The van der Waals surface area contributed by atoms with E-state index in [1.165, 1.54) is 12.1 Å². The van der Waals surface area contributed by atoms with Crippen LogP contribution in [0.2, 0.25) is 0 Å². The van der Waals surface area contributed by atoms with Gasteiger partial charge in [-0.15, -0.1) is 0 Å². The van der Waals surface area contributed by atoms with Gasteiger partial charge >= 0.3 is 6.18 Å². The van der Waals surface area contributed by atoms with Crippen molar-refractivity contribution in [1.29, 1.82) is 0 Å². The van der Waals surface area contributed by atoms with Crippen molar-refractivity contribution in [3.63, 3.8) is 0 Å². The number of aliphatic hydroxyl groups is 1. The van der Waals surface area contributed by atoms with Crippen LogP contribution in [-0.2, 0) is 11.0 Å². The van der Waals surface area contributed by atoms with E-state index < -0.39 is 17.3 Å². The molecule has 0 aromatic heterocycles. The molecule has 40 heavy (non-hydrogen) atoms. The van der Waals surface area contributed by atoms with Crippen molar-refractivity contribution in [3.05, 3.63) is 89.5 Å². The Labute approximate surface area is 230 Å². The van der Waals surface area contributed by atoms with Crippen molar-refractivity contribution in [2.45, 2.75) is 56.2 Å². The highest BCUT2D eigenvalue weighted by Gasteiger charge is 2.36. The number of ether oxygens (including phenoxy) is 1. The Hall–Kier alpha value is -3.85. The van der Waals surface area contributed by atoms with Gasteiger partial charge in [0.1, 0.15) is 11.5 Å². The Morgan fingerprint density at radius 1 is 0.900 bits per heavy atom. The molecule has 0 radical (unpaired) electrons. The second kappa shape index (κ2) is 11.3. The zero-order valence-corrected chi connectivity index (χ0v) is 21.9. The highest BCUT2D eigenvalue weighted by atomic mass is 19.4. The minimum Gasteiger partial charge on any atom is -0.457 e. The minimum atomic E-state index is -4.40. The van der Waals surface area contributed by atoms with E-state index in [1.54, 1.807) is 24.3 Å². The molecule has 2 amide bonds. The molecule has 0 spiro atoms. The van der Waals surface area contributed by atoms with Crippen LogP contribution in [0.15, 0.2) is 72.8 Å². The molecule has 1 saturated carbocycles. The molecule has 0 bridgehead atoms. The van der Waals surface area contributed by atoms with E-state index in [0.29, 0.717) is 48.8 Å². The van der Waals surface area contributed by atoms with Crippen molar-refractivity contribution in [3.8, 4) is 11.5 Å². The van der Waals surface area contributed by atoms with Crippen LogP contribution in [0.4, 0.5) is 18.9 Å². The standard InChI is InChI=1S/C31H31F3N2O4/c32-31(33,34)24-6-12-27(13-7-24)40-26-10-4-23(5-11-26)29(38)36-18-14-22(15-19-36)21-2-8-25(9-3-21)35-28(37)20-30(39)16-1-17-30/h2-13,22,39H,1,14-20H2,(H,35,37). The number of hydrogen-bond acceptors (Lipinski definition) is 4. The van der Waals surface area contributed by atoms with E-state index in [9.17, 15) is 27.9 Å². The number of piperidine rings is 1. The third-order valence-corrected chi connectivity index (χ3v) is 7.74. The Bertz CT molecular complexity index is 1330. The number of amides is 2. The summed E-state index contributed by atoms with van der Waals surface area (Å²) in [6.45, 7) is 1.23. The van der Waals surface area contributed by atoms with Crippen LogP contribution in [0.5, 0.6) is 11.5 Å². The summed E-state index contributed by atoms with van der Waals surface area (Å²) < 4.78 is 43.8.